The molecule has 0 aliphatic rings. The lowest BCUT2D eigenvalue weighted by molar-refractivity contribution is 0.101. The van der Waals surface area contributed by atoms with Crippen LogP contribution in [0.25, 0.3) is 11.3 Å². The Labute approximate surface area is 155 Å². The molecule has 0 bridgehead atoms. The molecule has 0 saturated carbocycles. The first-order chi connectivity index (χ1) is 12.3. The second-order valence-corrected chi connectivity index (χ2v) is 8.29. The number of ketones is 1. The molecule has 2 aromatic carbocycles. The quantitative estimate of drug-likeness (QED) is 0.632. The van der Waals surface area contributed by atoms with E-state index < -0.39 is 10.0 Å². The Bertz CT molecular complexity index is 1020. The summed E-state index contributed by atoms with van der Waals surface area (Å²) >= 11 is 1.35. The van der Waals surface area contributed by atoms with Gasteiger partial charge in [-0.2, -0.15) is 0 Å². The summed E-state index contributed by atoms with van der Waals surface area (Å²) in [4.78, 5) is 15.8. The highest BCUT2D eigenvalue weighted by Crippen LogP contribution is 2.24. The van der Waals surface area contributed by atoms with Gasteiger partial charge in [-0.15, -0.1) is 11.3 Å². The number of carbonyl (C=O) groups excluding carboxylic acids is 1. The van der Waals surface area contributed by atoms with Crippen LogP contribution in [-0.2, 0) is 16.6 Å². The number of carbonyl (C=O) groups is 1. The molecule has 8 heteroatoms. The third-order valence-electron chi connectivity index (χ3n) is 3.70. The van der Waals surface area contributed by atoms with E-state index in [1.165, 1.54) is 42.5 Å². The van der Waals surface area contributed by atoms with E-state index in [0.717, 1.165) is 11.3 Å². The van der Waals surface area contributed by atoms with Crippen molar-refractivity contribution in [2.75, 3.05) is 0 Å². The molecule has 26 heavy (non-hydrogen) atoms. The van der Waals surface area contributed by atoms with Gasteiger partial charge >= 0.3 is 0 Å². The number of phenolic OH excluding ortho intramolecular Hbond substituents is 1. The predicted molar refractivity (Wildman–Crippen MR) is 99.7 cm³/mol. The topological polar surface area (TPSA) is 96.4 Å². The van der Waals surface area contributed by atoms with Gasteiger partial charge in [0.25, 0.3) is 0 Å². The van der Waals surface area contributed by atoms with E-state index in [9.17, 15) is 18.3 Å². The van der Waals surface area contributed by atoms with Crippen molar-refractivity contribution in [1.29, 1.82) is 0 Å². The van der Waals surface area contributed by atoms with Crippen molar-refractivity contribution in [3.63, 3.8) is 0 Å². The fraction of sp³-hybridized carbons (Fsp3) is 0.111. The van der Waals surface area contributed by atoms with Gasteiger partial charge in [0.1, 0.15) is 10.8 Å². The Balaban J connectivity index is 1.70. The molecule has 3 aromatic rings. The maximum Gasteiger partial charge on any atom is 0.240 e. The predicted octanol–water partition coefficient (Wildman–Crippen LogP) is 3.20. The molecule has 0 amide bonds. The molecule has 6 nitrogen and oxygen atoms in total. The molecule has 0 saturated heterocycles. The van der Waals surface area contributed by atoms with E-state index in [0.29, 0.717) is 10.6 Å². The molecule has 0 unspecified atom stereocenters. The van der Waals surface area contributed by atoms with Crippen LogP contribution in [0.4, 0.5) is 0 Å². The molecule has 1 aromatic heterocycles. The largest absolute Gasteiger partial charge is 0.508 e. The van der Waals surface area contributed by atoms with Gasteiger partial charge < -0.3 is 5.11 Å². The molecule has 0 radical (unpaired) electrons. The second kappa shape index (κ2) is 7.36. The van der Waals surface area contributed by atoms with E-state index >= 15 is 0 Å². The van der Waals surface area contributed by atoms with E-state index in [2.05, 4.69) is 9.71 Å². The van der Waals surface area contributed by atoms with Crippen molar-refractivity contribution in [3.05, 3.63) is 64.5 Å². The molecule has 1 heterocycles. The fourth-order valence-electron chi connectivity index (χ4n) is 2.27. The Kier molecular flexibility index (Phi) is 5.17. The molecular weight excluding hydrogens is 372 g/mol. The van der Waals surface area contributed by atoms with Crippen molar-refractivity contribution in [3.8, 4) is 17.0 Å². The molecule has 0 spiro atoms. The van der Waals surface area contributed by atoms with Crippen molar-refractivity contribution in [2.45, 2.75) is 18.4 Å². The van der Waals surface area contributed by atoms with Crippen molar-refractivity contribution in [1.82, 2.24) is 9.71 Å². The molecule has 0 atom stereocenters. The van der Waals surface area contributed by atoms with Gasteiger partial charge in [0.15, 0.2) is 5.78 Å². The first-order valence-electron chi connectivity index (χ1n) is 7.69. The minimum atomic E-state index is -3.69. The Morgan fingerprint density at radius 2 is 1.77 bits per heavy atom. The van der Waals surface area contributed by atoms with Crippen LogP contribution in [0.2, 0.25) is 0 Å². The van der Waals surface area contributed by atoms with Crippen LogP contribution in [0.1, 0.15) is 22.3 Å². The lowest BCUT2D eigenvalue weighted by Gasteiger charge is -2.05. The zero-order valence-corrected chi connectivity index (χ0v) is 15.5. The fourth-order valence-corrected chi connectivity index (χ4v) is 4.09. The van der Waals surface area contributed by atoms with Crippen LogP contribution in [0.3, 0.4) is 0 Å². The van der Waals surface area contributed by atoms with E-state index in [1.807, 2.05) is 5.38 Å². The number of aromatic nitrogens is 1. The maximum atomic E-state index is 12.4. The number of benzene rings is 2. The van der Waals surface area contributed by atoms with Gasteiger partial charge in [-0.05, 0) is 43.3 Å². The van der Waals surface area contributed by atoms with Crippen LogP contribution in [0.15, 0.2) is 58.8 Å². The Morgan fingerprint density at radius 3 is 2.38 bits per heavy atom. The molecular formula is C18H16N2O4S2. The number of hydrogen-bond acceptors (Lipinski definition) is 6. The average Bonchev–Trinajstić information content (AvgIpc) is 3.10. The van der Waals surface area contributed by atoms with Gasteiger partial charge in [-0.1, -0.05) is 12.1 Å². The third kappa shape index (κ3) is 4.16. The number of nitrogens with one attached hydrogen (secondary N) is 1. The SMILES string of the molecule is CC(=O)c1ccc(S(=O)(=O)NCc2nc(-c3ccc(O)cc3)cs2)cc1. The Hall–Kier alpha value is -2.55. The minimum Gasteiger partial charge on any atom is -0.508 e. The van der Waals surface area contributed by atoms with Crippen LogP contribution >= 0.6 is 11.3 Å². The van der Waals surface area contributed by atoms with Gasteiger partial charge in [-0.3, -0.25) is 4.79 Å². The zero-order chi connectivity index (χ0) is 18.7. The van der Waals surface area contributed by atoms with Gasteiger partial charge in [0.05, 0.1) is 17.1 Å². The summed E-state index contributed by atoms with van der Waals surface area (Å²) in [5.41, 5.74) is 2.02. The normalized spacial score (nSPS) is 11.4. The summed E-state index contributed by atoms with van der Waals surface area (Å²) in [6, 6.07) is 12.4. The summed E-state index contributed by atoms with van der Waals surface area (Å²) in [5.74, 6) is 0.0548. The van der Waals surface area contributed by atoms with E-state index in [-0.39, 0.29) is 23.0 Å². The van der Waals surface area contributed by atoms with Crippen LogP contribution in [0, 0.1) is 0 Å². The Morgan fingerprint density at radius 1 is 1.12 bits per heavy atom. The van der Waals surface area contributed by atoms with Crippen LogP contribution in [-0.4, -0.2) is 24.3 Å². The standard InChI is InChI=1S/C18H16N2O4S2/c1-12(21)13-4-8-16(9-5-13)26(23,24)19-10-18-20-17(11-25-18)14-2-6-15(22)7-3-14/h2-9,11,19,22H,10H2,1H3. The number of nitrogens with zero attached hydrogens (tertiary/aromatic N) is 1. The summed E-state index contributed by atoms with van der Waals surface area (Å²) in [5, 5.41) is 11.8. The average molecular weight is 388 g/mol. The third-order valence-corrected chi connectivity index (χ3v) is 5.97. The molecule has 0 aliphatic carbocycles. The van der Waals surface area contributed by atoms with Crippen molar-refractivity contribution in [2.24, 2.45) is 0 Å². The number of phenols is 1. The number of Topliss-reactive ketones (excluding diaryl/α,β-unsaturated/α-hetero) is 1. The first kappa shape index (κ1) is 18.2. The summed E-state index contributed by atoms with van der Waals surface area (Å²) < 4.78 is 27.2. The number of hydrogen-bond donors (Lipinski definition) is 2. The maximum absolute atomic E-state index is 12.4. The first-order valence-corrected chi connectivity index (χ1v) is 10.1. The number of rotatable bonds is 6. The number of aromatic hydroxyl groups is 1. The van der Waals surface area contributed by atoms with E-state index in [4.69, 9.17) is 0 Å². The number of sulfonamides is 1. The highest BCUT2D eigenvalue weighted by atomic mass is 32.2. The van der Waals surface area contributed by atoms with Crippen molar-refractivity contribution < 1.29 is 18.3 Å². The van der Waals surface area contributed by atoms with Crippen molar-refractivity contribution >= 4 is 27.1 Å². The van der Waals surface area contributed by atoms with Gasteiger partial charge in [0.2, 0.25) is 10.0 Å². The second-order valence-electron chi connectivity index (χ2n) is 5.58. The highest BCUT2D eigenvalue weighted by molar-refractivity contribution is 7.89. The summed E-state index contributed by atoms with van der Waals surface area (Å²) in [6.07, 6.45) is 0. The number of thiazole rings is 1. The molecule has 0 fully saturated rings. The summed E-state index contributed by atoms with van der Waals surface area (Å²) in [6.45, 7) is 1.50. The zero-order valence-electron chi connectivity index (χ0n) is 13.8. The van der Waals surface area contributed by atoms with Gasteiger partial charge in [-0.25, -0.2) is 18.1 Å². The minimum absolute atomic E-state index is 0.0690. The molecule has 0 aliphatic heterocycles. The van der Waals surface area contributed by atoms with E-state index in [1.54, 1.807) is 24.3 Å². The lowest BCUT2D eigenvalue weighted by Crippen LogP contribution is -2.23. The molecule has 134 valence electrons. The van der Waals surface area contributed by atoms with Crippen LogP contribution in [0.5, 0.6) is 5.75 Å². The monoisotopic (exact) mass is 388 g/mol. The highest BCUT2D eigenvalue weighted by Gasteiger charge is 2.15. The summed E-state index contributed by atoms with van der Waals surface area (Å²) in [7, 11) is -3.69. The van der Waals surface area contributed by atoms with Crippen LogP contribution < -0.4 is 4.72 Å². The molecule has 3 rings (SSSR count). The molecule has 2 N–H and O–H groups in total. The lowest BCUT2D eigenvalue weighted by atomic mass is 10.2. The smallest absolute Gasteiger partial charge is 0.240 e. The van der Waals surface area contributed by atoms with Gasteiger partial charge in [0, 0.05) is 16.5 Å².